The third-order valence-corrected chi connectivity index (χ3v) is 10.3. The van der Waals surface area contributed by atoms with Gasteiger partial charge in [-0.15, -0.1) is 0 Å². The van der Waals surface area contributed by atoms with E-state index in [-0.39, 0.29) is 0 Å². The molecule has 1 aliphatic carbocycles. The van der Waals surface area contributed by atoms with E-state index in [0.29, 0.717) is 0 Å². The SMILES string of the molecule is COc1ccc(C2(c3ccc(N4c5ccccc5Oc5ccccc54)cc3)C=Cc3c(C)c4c5c(cccc5c3O2)-c2ccccc2-4)cc1. The minimum Gasteiger partial charge on any atom is -0.497 e. The number of nitrogens with zero attached hydrogens (tertiary/aromatic N) is 1. The highest BCUT2D eigenvalue weighted by Gasteiger charge is 2.40. The Morgan fingerprint density at radius 3 is 1.92 bits per heavy atom. The van der Waals surface area contributed by atoms with Crippen LogP contribution >= 0.6 is 0 Å². The predicted octanol–water partition coefficient (Wildman–Crippen LogP) is 11.7. The Kier molecular flexibility index (Phi) is 5.89. The Hall–Kier alpha value is -6.26. The number of hydrogen-bond acceptors (Lipinski definition) is 4. The molecular formula is C45H31NO3. The van der Waals surface area contributed by atoms with E-state index in [0.717, 1.165) is 62.1 Å². The molecule has 0 fully saturated rings. The highest BCUT2D eigenvalue weighted by molar-refractivity contribution is 6.19. The van der Waals surface area contributed by atoms with Crippen LogP contribution in [0.5, 0.6) is 23.0 Å². The zero-order valence-corrected chi connectivity index (χ0v) is 27.1. The van der Waals surface area contributed by atoms with Crippen LogP contribution in [0.15, 0.2) is 146 Å². The fourth-order valence-electron chi connectivity index (χ4n) is 8.01. The van der Waals surface area contributed by atoms with E-state index in [1.54, 1.807) is 7.11 Å². The minimum atomic E-state index is -0.879. The summed E-state index contributed by atoms with van der Waals surface area (Å²) in [5.74, 6) is 3.37. The van der Waals surface area contributed by atoms with Gasteiger partial charge in [-0.1, -0.05) is 97.1 Å². The average molecular weight is 634 g/mol. The molecule has 1 atom stereocenters. The van der Waals surface area contributed by atoms with Crippen molar-refractivity contribution in [1.82, 2.24) is 0 Å². The summed E-state index contributed by atoms with van der Waals surface area (Å²) in [4.78, 5) is 2.26. The van der Waals surface area contributed by atoms with Crippen LogP contribution in [-0.2, 0) is 5.60 Å². The van der Waals surface area contributed by atoms with Gasteiger partial charge in [0.05, 0.1) is 18.5 Å². The topological polar surface area (TPSA) is 30.9 Å². The first-order valence-corrected chi connectivity index (χ1v) is 16.6. The molecule has 0 N–H and O–H groups in total. The van der Waals surface area contributed by atoms with E-state index >= 15 is 0 Å². The Balaban J connectivity index is 1.15. The van der Waals surface area contributed by atoms with Gasteiger partial charge in [0.15, 0.2) is 17.1 Å². The van der Waals surface area contributed by atoms with Gasteiger partial charge in [0.2, 0.25) is 0 Å². The summed E-state index contributed by atoms with van der Waals surface area (Å²) in [6.45, 7) is 2.23. The number of ether oxygens (including phenoxy) is 3. The number of para-hydroxylation sites is 4. The molecule has 234 valence electrons. The van der Waals surface area contributed by atoms with Gasteiger partial charge in [-0.3, -0.25) is 0 Å². The van der Waals surface area contributed by atoms with E-state index in [9.17, 15) is 0 Å². The lowest BCUT2D eigenvalue weighted by molar-refractivity contribution is 0.163. The minimum absolute atomic E-state index is 0.804. The van der Waals surface area contributed by atoms with Crippen molar-refractivity contribution in [1.29, 1.82) is 0 Å². The fraction of sp³-hybridized carbons (Fsp3) is 0.0667. The molecule has 2 heterocycles. The van der Waals surface area contributed by atoms with Gasteiger partial charge in [-0.05, 0) is 89.3 Å². The second-order valence-electron chi connectivity index (χ2n) is 12.8. The second-order valence-corrected chi connectivity index (χ2v) is 12.8. The lowest BCUT2D eigenvalue weighted by atomic mass is 9.82. The van der Waals surface area contributed by atoms with Crippen molar-refractivity contribution in [3.05, 3.63) is 168 Å². The van der Waals surface area contributed by atoms with Gasteiger partial charge in [0.1, 0.15) is 11.5 Å². The van der Waals surface area contributed by atoms with E-state index in [1.165, 1.54) is 33.2 Å². The summed E-state index contributed by atoms with van der Waals surface area (Å²) in [7, 11) is 1.70. The number of rotatable bonds is 4. The molecule has 0 bridgehead atoms. The van der Waals surface area contributed by atoms with Crippen molar-refractivity contribution >= 4 is 33.9 Å². The largest absolute Gasteiger partial charge is 0.497 e. The fourth-order valence-corrected chi connectivity index (χ4v) is 8.01. The van der Waals surface area contributed by atoms with Gasteiger partial charge in [0, 0.05) is 33.2 Å². The molecule has 10 rings (SSSR count). The molecule has 0 saturated heterocycles. The molecule has 0 spiro atoms. The molecule has 0 saturated carbocycles. The van der Waals surface area contributed by atoms with Gasteiger partial charge in [-0.25, -0.2) is 0 Å². The highest BCUT2D eigenvalue weighted by atomic mass is 16.5. The molecule has 49 heavy (non-hydrogen) atoms. The van der Waals surface area contributed by atoms with Crippen molar-refractivity contribution in [3.8, 4) is 45.3 Å². The molecule has 4 heteroatoms. The van der Waals surface area contributed by atoms with Crippen LogP contribution in [0.3, 0.4) is 0 Å². The number of benzene rings is 7. The van der Waals surface area contributed by atoms with Crippen molar-refractivity contribution in [2.24, 2.45) is 0 Å². The molecule has 4 nitrogen and oxygen atoms in total. The number of fused-ring (bicyclic) bond motifs is 7. The maximum atomic E-state index is 7.43. The van der Waals surface area contributed by atoms with Crippen molar-refractivity contribution in [3.63, 3.8) is 0 Å². The smallest absolute Gasteiger partial charge is 0.178 e. The first kappa shape index (κ1) is 27.8. The molecule has 0 radical (unpaired) electrons. The van der Waals surface area contributed by atoms with E-state index in [2.05, 4.69) is 115 Å². The summed E-state index contributed by atoms with van der Waals surface area (Å²) in [5, 5.41) is 2.39. The van der Waals surface area contributed by atoms with Gasteiger partial charge >= 0.3 is 0 Å². The van der Waals surface area contributed by atoms with Gasteiger partial charge < -0.3 is 19.1 Å². The first-order chi connectivity index (χ1) is 24.1. The van der Waals surface area contributed by atoms with Crippen LogP contribution < -0.4 is 19.1 Å². The maximum Gasteiger partial charge on any atom is 0.178 e. The van der Waals surface area contributed by atoms with Crippen LogP contribution in [0.25, 0.3) is 39.1 Å². The van der Waals surface area contributed by atoms with Crippen LogP contribution in [0.2, 0.25) is 0 Å². The number of hydrogen-bond donors (Lipinski definition) is 0. The Bertz CT molecular complexity index is 2450. The zero-order chi connectivity index (χ0) is 32.7. The average Bonchev–Trinajstić information content (AvgIpc) is 3.51. The Morgan fingerprint density at radius 1 is 0.612 bits per heavy atom. The molecule has 7 aromatic carbocycles. The lowest BCUT2D eigenvalue weighted by Crippen LogP contribution is -2.34. The van der Waals surface area contributed by atoms with Gasteiger partial charge in [0.25, 0.3) is 0 Å². The van der Waals surface area contributed by atoms with Crippen molar-refractivity contribution in [2.75, 3.05) is 12.0 Å². The van der Waals surface area contributed by atoms with Crippen molar-refractivity contribution in [2.45, 2.75) is 12.5 Å². The third kappa shape index (κ3) is 3.92. The van der Waals surface area contributed by atoms with Crippen molar-refractivity contribution < 1.29 is 14.2 Å². The zero-order valence-electron chi connectivity index (χ0n) is 27.1. The van der Waals surface area contributed by atoms with E-state index in [1.807, 2.05) is 48.5 Å². The summed E-state index contributed by atoms with van der Waals surface area (Å²) >= 11 is 0. The molecule has 7 aromatic rings. The molecule has 3 aliphatic rings. The summed E-state index contributed by atoms with van der Waals surface area (Å²) in [6.07, 6.45) is 4.49. The molecule has 1 unspecified atom stereocenters. The van der Waals surface area contributed by atoms with E-state index < -0.39 is 5.60 Å². The van der Waals surface area contributed by atoms with E-state index in [4.69, 9.17) is 14.2 Å². The number of methoxy groups -OCH3 is 1. The van der Waals surface area contributed by atoms with Crippen LogP contribution in [0.1, 0.15) is 22.3 Å². The normalized spacial score (nSPS) is 16.2. The summed E-state index contributed by atoms with van der Waals surface area (Å²) in [5.41, 5.74) is 11.7. The van der Waals surface area contributed by atoms with Crippen LogP contribution in [-0.4, -0.2) is 7.11 Å². The second kappa shape index (κ2) is 10.4. The standard InChI is InChI=1S/C45H31NO3/c1-28-33-26-27-45(30-20-24-32(47-2)25-21-30,49-44(33)37-13-9-12-36-34-10-3-4-11-35(34)42(28)43(36)37)29-18-22-31(23-19-29)46-38-14-5-7-16-40(38)48-41-17-8-6-15-39(41)46/h3-27H,1-2H3. The summed E-state index contributed by atoms with van der Waals surface area (Å²) < 4.78 is 19.3. The number of anilines is 3. The van der Waals surface area contributed by atoms with Crippen LogP contribution in [0, 0.1) is 6.92 Å². The molecule has 0 amide bonds. The van der Waals surface area contributed by atoms with Crippen LogP contribution in [0.4, 0.5) is 17.1 Å². The third-order valence-electron chi connectivity index (χ3n) is 10.3. The molecule has 0 aromatic heterocycles. The predicted molar refractivity (Wildman–Crippen MR) is 198 cm³/mol. The highest BCUT2D eigenvalue weighted by Crippen LogP contribution is 2.56. The molecular weight excluding hydrogens is 602 g/mol. The first-order valence-electron chi connectivity index (χ1n) is 16.6. The monoisotopic (exact) mass is 633 g/mol. The van der Waals surface area contributed by atoms with Gasteiger partial charge in [-0.2, -0.15) is 0 Å². The lowest BCUT2D eigenvalue weighted by Gasteiger charge is -2.38. The Morgan fingerprint density at radius 2 is 1.22 bits per heavy atom. The summed E-state index contributed by atoms with van der Waals surface area (Å²) in [6, 6.07) is 48.7. The Labute approximate surface area is 285 Å². The molecule has 2 aliphatic heterocycles. The maximum absolute atomic E-state index is 7.43. The quantitative estimate of drug-likeness (QED) is 0.193.